The van der Waals surface area contributed by atoms with Gasteiger partial charge in [0.25, 0.3) is 0 Å². The number of aryl methyl sites for hydroxylation is 1. The van der Waals surface area contributed by atoms with Crippen LogP contribution < -0.4 is 11.1 Å². The van der Waals surface area contributed by atoms with Gasteiger partial charge in [-0.2, -0.15) is 5.10 Å². The van der Waals surface area contributed by atoms with Crippen LogP contribution in [0, 0.1) is 6.92 Å². The third-order valence-corrected chi connectivity index (χ3v) is 2.76. The van der Waals surface area contributed by atoms with E-state index in [1.807, 2.05) is 43.5 Å². The fourth-order valence-corrected chi connectivity index (χ4v) is 1.80. The smallest absolute Gasteiger partial charge is 0.224 e. The third kappa shape index (κ3) is 3.42. The molecule has 19 heavy (non-hydrogen) atoms. The van der Waals surface area contributed by atoms with Crippen LogP contribution in [0.3, 0.4) is 0 Å². The van der Waals surface area contributed by atoms with E-state index in [0.29, 0.717) is 19.4 Å². The van der Waals surface area contributed by atoms with Crippen molar-refractivity contribution < 1.29 is 4.79 Å². The van der Waals surface area contributed by atoms with E-state index < -0.39 is 0 Å². The van der Waals surface area contributed by atoms with Crippen LogP contribution >= 0.6 is 0 Å². The van der Waals surface area contributed by atoms with E-state index in [-0.39, 0.29) is 5.91 Å². The van der Waals surface area contributed by atoms with Crippen LogP contribution in [0.2, 0.25) is 0 Å². The zero-order valence-electron chi connectivity index (χ0n) is 11.0. The van der Waals surface area contributed by atoms with Gasteiger partial charge in [-0.05, 0) is 38.1 Å². The number of nitrogens with one attached hydrogen (secondary N) is 1. The Bertz CT molecular complexity index is 562. The lowest BCUT2D eigenvalue weighted by molar-refractivity contribution is -0.116. The van der Waals surface area contributed by atoms with Crippen molar-refractivity contribution >= 4 is 11.6 Å². The maximum absolute atomic E-state index is 11.8. The van der Waals surface area contributed by atoms with Crippen LogP contribution in [0.25, 0.3) is 5.69 Å². The summed E-state index contributed by atoms with van der Waals surface area (Å²) >= 11 is 0. The molecule has 0 unspecified atom stereocenters. The van der Waals surface area contributed by atoms with Gasteiger partial charge < -0.3 is 11.1 Å². The van der Waals surface area contributed by atoms with Gasteiger partial charge in [-0.1, -0.05) is 12.1 Å². The van der Waals surface area contributed by atoms with Gasteiger partial charge in [0.2, 0.25) is 5.91 Å². The molecule has 0 radical (unpaired) electrons. The minimum Gasteiger partial charge on any atom is -0.330 e. The number of amides is 1. The van der Waals surface area contributed by atoms with Gasteiger partial charge in [0.05, 0.1) is 17.1 Å². The first-order chi connectivity index (χ1) is 9.20. The monoisotopic (exact) mass is 258 g/mol. The summed E-state index contributed by atoms with van der Waals surface area (Å²) < 4.78 is 1.76. The van der Waals surface area contributed by atoms with Crippen molar-refractivity contribution in [2.24, 2.45) is 5.73 Å². The second kappa shape index (κ2) is 6.15. The predicted octanol–water partition coefficient (Wildman–Crippen LogP) is 1.86. The maximum atomic E-state index is 11.8. The Hall–Kier alpha value is -2.14. The number of rotatable bonds is 5. The molecule has 1 aromatic carbocycles. The lowest BCUT2D eigenvalue weighted by Gasteiger charge is -2.10. The normalized spacial score (nSPS) is 10.4. The maximum Gasteiger partial charge on any atom is 0.224 e. The molecule has 2 rings (SSSR count). The van der Waals surface area contributed by atoms with E-state index in [1.54, 1.807) is 4.68 Å². The van der Waals surface area contributed by atoms with Crippen molar-refractivity contribution in [2.75, 3.05) is 11.9 Å². The molecule has 3 N–H and O–H groups in total. The number of aromatic nitrogens is 2. The standard InChI is InChI=1S/C14H18N4O/c1-11-8-10-18(17-11)13-6-3-2-5-12(13)16-14(19)7-4-9-15/h2-3,5-6,8,10H,4,7,9,15H2,1H3,(H,16,19). The van der Waals surface area contributed by atoms with E-state index in [1.165, 1.54) is 0 Å². The van der Waals surface area contributed by atoms with Crippen LogP contribution in [0.15, 0.2) is 36.5 Å². The quantitative estimate of drug-likeness (QED) is 0.859. The van der Waals surface area contributed by atoms with E-state index >= 15 is 0 Å². The van der Waals surface area contributed by atoms with Crippen molar-refractivity contribution in [1.29, 1.82) is 0 Å². The molecule has 0 aliphatic rings. The van der Waals surface area contributed by atoms with E-state index in [4.69, 9.17) is 5.73 Å². The summed E-state index contributed by atoms with van der Waals surface area (Å²) in [5.74, 6) is -0.0261. The van der Waals surface area contributed by atoms with E-state index in [0.717, 1.165) is 17.1 Å². The van der Waals surface area contributed by atoms with Crippen LogP contribution in [-0.2, 0) is 4.79 Å². The molecule has 0 spiro atoms. The molecular weight excluding hydrogens is 240 g/mol. The van der Waals surface area contributed by atoms with Gasteiger partial charge in [-0.3, -0.25) is 4.79 Å². The van der Waals surface area contributed by atoms with Gasteiger partial charge in [-0.15, -0.1) is 0 Å². The predicted molar refractivity (Wildman–Crippen MR) is 75.2 cm³/mol. The van der Waals surface area contributed by atoms with Crippen LogP contribution in [0.4, 0.5) is 5.69 Å². The Morgan fingerprint density at radius 3 is 2.84 bits per heavy atom. The lowest BCUT2D eigenvalue weighted by atomic mass is 10.2. The fourth-order valence-electron chi connectivity index (χ4n) is 1.80. The Labute approximate surface area is 112 Å². The minimum absolute atomic E-state index is 0.0261. The average molecular weight is 258 g/mol. The zero-order valence-corrected chi connectivity index (χ0v) is 11.0. The number of hydrogen-bond acceptors (Lipinski definition) is 3. The Kier molecular flexibility index (Phi) is 4.30. The second-order valence-electron chi connectivity index (χ2n) is 4.36. The highest BCUT2D eigenvalue weighted by atomic mass is 16.1. The van der Waals surface area contributed by atoms with Gasteiger partial charge in [0.15, 0.2) is 0 Å². The third-order valence-electron chi connectivity index (χ3n) is 2.76. The summed E-state index contributed by atoms with van der Waals surface area (Å²) in [6, 6.07) is 9.52. The first-order valence-corrected chi connectivity index (χ1v) is 6.32. The summed E-state index contributed by atoms with van der Waals surface area (Å²) in [4.78, 5) is 11.8. The Balaban J connectivity index is 2.19. The molecule has 0 aliphatic heterocycles. The highest BCUT2D eigenvalue weighted by Crippen LogP contribution is 2.19. The average Bonchev–Trinajstić information content (AvgIpc) is 2.83. The number of benzene rings is 1. The second-order valence-corrected chi connectivity index (χ2v) is 4.36. The molecule has 5 heteroatoms. The van der Waals surface area contributed by atoms with Crippen molar-refractivity contribution in [3.63, 3.8) is 0 Å². The molecular formula is C14H18N4O. The first kappa shape index (κ1) is 13.3. The molecule has 0 atom stereocenters. The van der Waals surface area contributed by atoms with Crippen molar-refractivity contribution in [3.05, 3.63) is 42.2 Å². The van der Waals surface area contributed by atoms with Gasteiger partial charge in [0.1, 0.15) is 0 Å². The van der Waals surface area contributed by atoms with Crippen LogP contribution in [0.5, 0.6) is 0 Å². The molecule has 1 aromatic heterocycles. The molecule has 0 saturated heterocycles. The molecule has 0 aliphatic carbocycles. The van der Waals surface area contributed by atoms with Crippen LogP contribution in [-0.4, -0.2) is 22.2 Å². The number of carbonyl (C=O) groups excluding carboxylic acids is 1. The largest absolute Gasteiger partial charge is 0.330 e. The lowest BCUT2D eigenvalue weighted by Crippen LogP contribution is -2.15. The van der Waals surface area contributed by atoms with E-state index in [9.17, 15) is 4.79 Å². The highest BCUT2D eigenvalue weighted by molar-refractivity contribution is 5.92. The molecule has 1 heterocycles. The molecule has 2 aromatic rings. The number of nitrogens with zero attached hydrogens (tertiary/aromatic N) is 2. The van der Waals surface area contributed by atoms with Crippen molar-refractivity contribution in [3.8, 4) is 5.69 Å². The van der Waals surface area contributed by atoms with Crippen molar-refractivity contribution in [1.82, 2.24) is 9.78 Å². The van der Waals surface area contributed by atoms with Gasteiger partial charge in [-0.25, -0.2) is 4.68 Å². The Morgan fingerprint density at radius 2 is 2.16 bits per heavy atom. The van der Waals surface area contributed by atoms with E-state index in [2.05, 4.69) is 10.4 Å². The summed E-state index contributed by atoms with van der Waals surface area (Å²) in [7, 11) is 0. The van der Waals surface area contributed by atoms with Crippen molar-refractivity contribution in [2.45, 2.75) is 19.8 Å². The molecule has 5 nitrogen and oxygen atoms in total. The zero-order chi connectivity index (χ0) is 13.7. The molecule has 0 fully saturated rings. The summed E-state index contributed by atoms with van der Waals surface area (Å²) in [6.07, 6.45) is 3.00. The first-order valence-electron chi connectivity index (χ1n) is 6.32. The minimum atomic E-state index is -0.0261. The summed E-state index contributed by atoms with van der Waals surface area (Å²) in [5.41, 5.74) is 7.95. The summed E-state index contributed by atoms with van der Waals surface area (Å²) in [6.45, 7) is 2.45. The molecule has 0 bridgehead atoms. The fraction of sp³-hybridized carbons (Fsp3) is 0.286. The number of nitrogens with two attached hydrogens (primary N) is 1. The van der Waals surface area contributed by atoms with Gasteiger partial charge >= 0.3 is 0 Å². The molecule has 1 amide bonds. The SMILES string of the molecule is Cc1ccn(-c2ccccc2NC(=O)CCCN)n1. The summed E-state index contributed by atoms with van der Waals surface area (Å²) in [5, 5.41) is 7.25. The van der Waals surface area contributed by atoms with Crippen LogP contribution in [0.1, 0.15) is 18.5 Å². The number of para-hydroxylation sites is 2. The molecule has 0 saturated carbocycles. The number of carbonyl (C=O) groups is 1. The topological polar surface area (TPSA) is 72.9 Å². The molecule has 100 valence electrons. The highest BCUT2D eigenvalue weighted by Gasteiger charge is 2.08. The number of hydrogen-bond donors (Lipinski definition) is 2. The van der Waals surface area contributed by atoms with Gasteiger partial charge in [0, 0.05) is 12.6 Å². The Morgan fingerprint density at radius 1 is 1.37 bits per heavy atom. The number of anilines is 1.